The number of hydrogen-bond acceptors (Lipinski definition) is 3. The molecule has 3 nitrogen and oxygen atoms in total. The van der Waals surface area contributed by atoms with Crippen LogP contribution in [0.5, 0.6) is 5.75 Å². The second-order valence-electron chi connectivity index (χ2n) is 4.24. The van der Waals surface area contributed by atoms with Crippen molar-refractivity contribution in [2.24, 2.45) is 0 Å². The molecule has 0 saturated heterocycles. The molecule has 0 aromatic heterocycles. The van der Waals surface area contributed by atoms with Gasteiger partial charge in [-0.15, -0.1) is 0 Å². The first-order chi connectivity index (χ1) is 9.72. The van der Waals surface area contributed by atoms with Crippen molar-refractivity contribution in [2.45, 2.75) is 13.5 Å². The minimum atomic E-state index is -0.421. The molecule has 0 aliphatic rings. The molecule has 0 radical (unpaired) electrons. The van der Waals surface area contributed by atoms with Gasteiger partial charge >= 0.3 is 0 Å². The van der Waals surface area contributed by atoms with Crippen molar-refractivity contribution in [2.75, 3.05) is 11.9 Å². The largest absolute Gasteiger partial charge is 0.494 e. The molecule has 0 unspecified atom stereocenters. The molecule has 20 heavy (non-hydrogen) atoms. The molecular formula is C16H15FN2O. The van der Waals surface area contributed by atoms with Crippen LogP contribution in [0.4, 0.5) is 10.1 Å². The van der Waals surface area contributed by atoms with Gasteiger partial charge in [-0.2, -0.15) is 5.26 Å². The Morgan fingerprint density at radius 3 is 2.55 bits per heavy atom. The summed E-state index contributed by atoms with van der Waals surface area (Å²) < 4.78 is 19.0. The molecule has 2 aromatic rings. The van der Waals surface area contributed by atoms with E-state index in [1.807, 2.05) is 37.3 Å². The number of rotatable bonds is 5. The highest BCUT2D eigenvalue weighted by Crippen LogP contribution is 2.17. The van der Waals surface area contributed by atoms with Gasteiger partial charge in [-0.3, -0.25) is 0 Å². The second-order valence-corrected chi connectivity index (χ2v) is 4.24. The molecule has 102 valence electrons. The second kappa shape index (κ2) is 6.58. The van der Waals surface area contributed by atoms with Gasteiger partial charge in [0.25, 0.3) is 0 Å². The van der Waals surface area contributed by atoms with Gasteiger partial charge in [0.15, 0.2) is 0 Å². The lowest BCUT2D eigenvalue weighted by Gasteiger charge is -2.09. The van der Waals surface area contributed by atoms with Crippen LogP contribution in [-0.2, 0) is 6.54 Å². The fraction of sp³-hybridized carbons (Fsp3) is 0.188. The van der Waals surface area contributed by atoms with Gasteiger partial charge in [-0.1, -0.05) is 12.1 Å². The maximum atomic E-state index is 13.7. The van der Waals surface area contributed by atoms with Gasteiger partial charge in [-0.25, -0.2) is 4.39 Å². The first kappa shape index (κ1) is 13.9. The van der Waals surface area contributed by atoms with Crippen LogP contribution in [-0.4, -0.2) is 6.61 Å². The van der Waals surface area contributed by atoms with E-state index < -0.39 is 5.82 Å². The van der Waals surface area contributed by atoms with Crippen molar-refractivity contribution in [1.29, 1.82) is 5.26 Å². The van der Waals surface area contributed by atoms with Crippen LogP contribution in [0.2, 0.25) is 0 Å². The fourth-order valence-electron chi connectivity index (χ4n) is 1.80. The van der Waals surface area contributed by atoms with Crippen LogP contribution >= 0.6 is 0 Å². The number of nitriles is 1. The van der Waals surface area contributed by atoms with E-state index in [-0.39, 0.29) is 0 Å². The zero-order chi connectivity index (χ0) is 14.4. The van der Waals surface area contributed by atoms with Gasteiger partial charge in [0.1, 0.15) is 11.6 Å². The quantitative estimate of drug-likeness (QED) is 0.900. The summed E-state index contributed by atoms with van der Waals surface area (Å²) in [5, 5.41) is 11.7. The lowest BCUT2D eigenvalue weighted by Crippen LogP contribution is -2.01. The Morgan fingerprint density at radius 2 is 1.95 bits per heavy atom. The van der Waals surface area contributed by atoms with Gasteiger partial charge < -0.3 is 10.1 Å². The average molecular weight is 270 g/mol. The molecule has 0 atom stereocenters. The smallest absolute Gasteiger partial charge is 0.147 e. The lowest BCUT2D eigenvalue weighted by atomic mass is 10.2. The van der Waals surface area contributed by atoms with Crippen LogP contribution in [0.25, 0.3) is 0 Å². The molecular weight excluding hydrogens is 255 g/mol. The maximum absolute atomic E-state index is 13.7. The third-order valence-electron chi connectivity index (χ3n) is 2.82. The van der Waals surface area contributed by atoms with Gasteiger partial charge in [-0.05, 0) is 42.8 Å². The van der Waals surface area contributed by atoms with Crippen LogP contribution in [0.15, 0.2) is 42.5 Å². The predicted molar refractivity (Wildman–Crippen MR) is 76.1 cm³/mol. The summed E-state index contributed by atoms with van der Waals surface area (Å²) in [4.78, 5) is 0. The highest BCUT2D eigenvalue weighted by atomic mass is 19.1. The number of nitrogens with one attached hydrogen (secondary N) is 1. The maximum Gasteiger partial charge on any atom is 0.147 e. The van der Waals surface area contributed by atoms with E-state index in [2.05, 4.69) is 5.32 Å². The number of hydrogen-bond donors (Lipinski definition) is 1. The number of ether oxygens (including phenoxy) is 1. The van der Waals surface area contributed by atoms with Crippen molar-refractivity contribution >= 4 is 5.69 Å². The number of benzene rings is 2. The molecule has 0 bridgehead atoms. The minimum Gasteiger partial charge on any atom is -0.494 e. The van der Waals surface area contributed by atoms with Crippen LogP contribution in [0.3, 0.4) is 0 Å². The average Bonchev–Trinajstić information content (AvgIpc) is 2.48. The Kier molecular flexibility index (Phi) is 4.56. The van der Waals surface area contributed by atoms with E-state index in [0.717, 1.165) is 11.3 Å². The summed E-state index contributed by atoms with van der Waals surface area (Å²) in [5.74, 6) is 0.399. The van der Waals surface area contributed by atoms with Crippen molar-refractivity contribution < 1.29 is 9.13 Å². The van der Waals surface area contributed by atoms with Gasteiger partial charge in [0, 0.05) is 6.54 Å². The highest BCUT2D eigenvalue weighted by molar-refractivity contribution is 5.49. The lowest BCUT2D eigenvalue weighted by molar-refractivity contribution is 0.340. The van der Waals surface area contributed by atoms with E-state index in [4.69, 9.17) is 10.00 Å². The Bertz CT molecular complexity index is 617. The Hall–Kier alpha value is -2.54. The van der Waals surface area contributed by atoms with Crippen molar-refractivity contribution in [3.8, 4) is 11.8 Å². The molecule has 0 saturated carbocycles. The van der Waals surface area contributed by atoms with Crippen LogP contribution in [0, 0.1) is 17.1 Å². The molecule has 0 aliphatic carbocycles. The first-order valence-corrected chi connectivity index (χ1v) is 6.38. The standard InChI is InChI=1S/C16H15FN2O/c1-2-20-14-6-3-12(4-7-14)11-19-16-8-5-13(10-18)9-15(16)17/h3-9,19H,2,11H2,1H3. The Balaban J connectivity index is 2.00. The SMILES string of the molecule is CCOc1ccc(CNc2ccc(C#N)cc2F)cc1. The molecule has 0 spiro atoms. The summed E-state index contributed by atoms with van der Waals surface area (Å²) in [5.41, 5.74) is 1.73. The molecule has 0 fully saturated rings. The Morgan fingerprint density at radius 1 is 1.20 bits per heavy atom. The summed E-state index contributed by atoms with van der Waals surface area (Å²) in [7, 11) is 0. The number of halogens is 1. The number of anilines is 1. The van der Waals surface area contributed by atoms with Crippen LogP contribution in [0.1, 0.15) is 18.1 Å². The Labute approximate surface area is 117 Å². The van der Waals surface area contributed by atoms with Crippen molar-refractivity contribution in [3.63, 3.8) is 0 Å². The van der Waals surface area contributed by atoms with E-state index in [1.54, 1.807) is 12.1 Å². The van der Waals surface area contributed by atoms with Crippen molar-refractivity contribution in [1.82, 2.24) is 0 Å². The summed E-state index contributed by atoms with van der Waals surface area (Å²) >= 11 is 0. The van der Waals surface area contributed by atoms with E-state index in [0.29, 0.717) is 24.4 Å². The number of nitrogens with zero attached hydrogens (tertiary/aromatic N) is 1. The van der Waals surface area contributed by atoms with Gasteiger partial charge in [0.05, 0.1) is 23.9 Å². The first-order valence-electron chi connectivity index (χ1n) is 6.38. The monoisotopic (exact) mass is 270 g/mol. The molecule has 0 aliphatic heterocycles. The van der Waals surface area contributed by atoms with Gasteiger partial charge in [0.2, 0.25) is 0 Å². The van der Waals surface area contributed by atoms with E-state index in [9.17, 15) is 4.39 Å². The summed E-state index contributed by atoms with van der Waals surface area (Å²) in [6.07, 6.45) is 0. The van der Waals surface area contributed by atoms with E-state index in [1.165, 1.54) is 6.07 Å². The molecule has 0 heterocycles. The molecule has 4 heteroatoms. The molecule has 0 amide bonds. The molecule has 1 N–H and O–H groups in total. The zero-order valence-electron chi connectivity index (χ0n) is 11.2. The molecule has 2 aromatic carbocycles. The normalized spacial score (nSPS) is 9.85. The third-order valence-corrected chi connectivity index (χ3v) is 2.82. The highest BCUT2D eigenvalue weighted by Gasteiger charge is 2.03. The summed E-state index contributed by atoms with van der Waals surface area (Å²) in [6, 6.07) is 13.9. The zero-order valence-corrected chi connectivity index (χ0v) is 11.2. The molecule has 2 rings (SSSR count). The predicted octanol–water partition coefficient (Wildman–Crippen LogP) is 3.71. The van der Waals surface area contributed by atoms with Crippen molar-refractivity contribution in [3.05, 3.63) is 59.4 Å². The van der Waals surface area contributed by atoms with Crippen LogP contribution < -0.4 is 10.1 Å². The minimum absolute atomic E-state index is 0.314. The summed E-state index contributed by atoms with van der Waals surface area (Å²) in [6.45, 7) is 3.08. The fourth-order valence-corrected chi connectivity index (χ4v) is 1.80. The third kappa shape index (κ3) is 3.48. The van der Waals surface area contributed by atoms with E-state index >= 15 is 0 Å². The topological polar surface area (TPSA) is 45.0 Å².